The normalized spacial score (nSPS) is 16.4. The molecule has 0 unspecified atom stereocenters. The largest absolute Gasteiger partial charge is 0.478 e. The van der Waals surface area contributed by atoms with Crippen molar-refractivity contribution in [1.29, 1.82) is 0 Å². The highest BCUT2D eigenvalue weighted by molar-refractivity contribution is 7.90. The lowest BCUT2D eigenvalue weighted by Crippen LogP contribution is -2.30. The smallest absolute Gasteiger partial charge is 0.335 e. The fourth-order valence-electron chi connectivity index (χ4n) is 2.35. The van der Waals surface area contributed by atoms with Crippen molar-refractivity contribution >= 4 is 21.5 Å². The van der Waals surface area contributed by atoms with Crippen LogP contribution in [0.5, 0.6) is 0 Å². The minimum Gasteiger partial charge on any atom is -0.478 e. The van der Waals surface area contributed by atoms with Crippen molar-refractivity contribution in [3.8, 4) is 0 Å². The van der Waals surface area contributed by atoms with Gasteiger partial charge in [-0.25, -0.2) is 13.2 Å². The van der Waals surface area contributed by atoms with Crippen LogP contribution in [0.4, 0.5) is 5.69 Å². The average Bonchev–Trinajstić information content (AvgIpc) is 2.38. The summed E-state index contributed by atoms with van der Waals surface area (Å²) in [5.74, 6) is -1.04. The highest BCUT2D eigenvalue weighted by atomic mass is 32.2. The summed E-state index contributed by atoms with van der Waals surface area (Å²) in [7, 11) is -3.36. The maximum absolute atomic E-state index is 11.8. The molecule has 0 amide bonds. The molecule has 0 spiro atoms. The topological polar surface area (TPSA) is 74.7 Å². The summed E-state index contributed by atoms with van der Waals surface area (Å²) in [6.07, 6.45) is 4.28. The molecule has 1 fully saturated rings. The predicted octanol–water partition coefficient (Wildman–Crippen LogP) is 1.78. The molecule has 0 atom stereocenters. The second kappa shape index (κ2) is 5.21. The number of aromatic carboxylic acids is 1. The summed E-state index contributed by atoms with van der Waals surface area (Å²) in [6, 6.07) is 4.19. The molecule has 1 heterocycles. The molecule has 1 aromatic rings. The predicted molar refractivity (Wildman–Crippen MR) is 72.6 cm³/mol. The summed E-state index contributed by atoms with van der Waals surface area (Å²) in [5, 5.41) is 9.03. The Morgan fingerprint density at radius 1 is 1.21 bits per heavy atom. The van der Waals surface area contributed by atoms with Crippen molar-refractivity contribution in [3.05, 3.63) is 23.8 Å². The van der Waals surface area contributed by atoms with Crippen LogP contribution in [0.1, 0.15) is 29.6 Å². The van der Waals surface area contributed by atoms with Gasteiger partial charge < -0.3 is 10.0 Å². The lowest BCUT2D eigenvalue weighted by atomic mass is 10.1. The number of carbonyl (C=O) groups is 1. The van der Waals surface area contributed by atoms with Crippen molar-refractivity contribution < 1.29 is 18.3 Å². The van der Waals surface area contributed by atoms with Crippen LogP contribution in [-0.2, 0) is 9.84 Å². The van der Waals surface area contributed by atoms with Gasteiger partial charge >= 0.3 is 5.97 Å². The average molecular weight is 283 g/mol. The zero-order chi connectivity index (χ0) is 14.0. The summed E-state index contributed by atoms with van der Waals surface area (Å²) in [6.45, 7) is 1.54. The second-order valence-corrected chi connectivity index (χ2v) is 6.79. The van der Waals surface area contributed by atoms with E-state index in [1.54, 1.807) is 0 Å². The third kappa shape index (κ3) is 3.07. The van der Waals surface area contributed by atoms with Gasteiger partial charge in [0.25, 0.3) is 0 Å². The fraction of sp³-hybridized carbons (Fsp3) is 0.462. The minimum absolute atomic E-state index is 0.118. The highest BCUT2D eigenvalue weighted by Gasteiger charge is 2.21. The first-order valence-electron chi connectivity index (χ1n) is 6.22. The first-order valence-corrected chi connectivity index (χ1v) is 8.11. The van der Waals surface area contributed by atoms with E-state index in [1.165, 1.54) is 18.2 Å². The van der Waals surface area contributed by atoms with Gasteiger partial charge in [0.2, 0.25) is 0 Å². The van der Waals surface area contributed by atoms with E-state index in [0.717, 1.165) is 38.6 Å². The SMILES string of the molecule is CS(=O)(=O)c1ccc(C(=O)O)cc1N1CCCCC1. The van der Waals surface area contributed by atoms with E-state index in [4.69, 9.17) is 5.11 Å². The molecule has 0 aliphatic carbocycles. The maximum Gasteiger partial charge on any atom is 0.335 e. The summed E-state index contributed by atoms with van der Waals surface area (Å²) < 4.78 is 23.6. The van der Waals surface area contributed by atoms with Crippen LogP contribution in [0, 0.1) is 0 Å². The molecule has 0 aromatic heterocycles. The number of hydrogen-bond acceptors (Lipinski definition) is 4. The highest BCUT2D eigenvalue weighted by Crippen LogP contribution is 2.29. The van der Waals surface area contributed by atoms with Gasteiger partial charge in [0, 0.05) is 19.3 Å². The molecule has 19 heavy (non-hydrogen) atoms. The van der Waals surface area contributed by atoms with Crippen LogP contribution < -0.4 is 4.90 Å². The molecular weight excluding hydrogens is 266 g/mol. The van der Waals surface area contributed by atoms with Crippen LogP contribution in [0.2, 0.25) is 0 Å². The van der Waals surface area contributed by atoms with Gasteiger partial charge in [-0.15, -0.1) is 0 Å². The maximum atomic E-state index is 11.8. The Balaban J connectivity index is 2.52. The fourth-order valence-corrected chi connectivity index (χ4v) is 3.23. The van der Waals surface area contributed by atoms with E-state index in [-0.39, 0.29) is 10.5 Å². The van der Waals surface area contributed by atoms with E-state index >= 15 is 0 Å². The van der Waals surface area contributed by atoms with Gasteiger partial charge in [-0.3, -0.25) is 0 Å². The molecule has 1 saturated heterocycles. The Morgan fingerprint density at radius 3 is 2.37 bits per heavy atom. The molecule has 6 heteroatoms. The number of sulfone groups is 1. The minimum atomic E-state index is -3.36. The number of nitrogens with zero attached hydrogens (tertiary/aromatic N) is 1. The molecule has 1 N–H and O–H groups in total. The van der Waals surface area contributed by atoms with Gasteiger partial charge in [0.15, 0.2) is 9.84 Å². The van der Waals surface area contributed by atoms with E-state index in [1.807, 2.05) is 4.90 Å². The lowest BCUT2D eigenvalue weighted by Gasteiger charge is -2.30. The van der Waals surface area contributed by atoms with Gasteiger partial charge in [0.05, 0.1) is 16.1 Å². The Labute approximate surface area is 112 Å². The molecule has 2 rings (SSSR count). The summed E-state index contributed by atoms with van der Waals surface area (Å²) >= 11 is 0. The van der Waals surface area contributed by atoms with Crippen LogP contribution in [0.3, 0.4) is 0 Å². The number of piperidine rings is 1. The first kappa shape index (κ1) is 13.9. The van der Waals surface area contributed by atoms with Crippen LogP contribution in [0.25, 0.3) is 0 Å². The van der Waals surface area contributed by atoms with Crippen LogP contribution in [0.15, 0.2) is 23.1 Å². The monoisotopic (exact) mass is 283 g/mol. The van der Waals surface area contributed by atoms with Crippen molar-refractivity contribution in [1.82, 2.24) is 0 Å². The molecule has 1 aliphatic rings. The molecule has 0 bridgehead atoms. The lowest BCUT2D eigenvalue weighted by molar-refractivity contribution is 0.0697. The van der Waals surface area contributed by atoms with Crippen LogP contribution in [-0.4, -0.2) is 38.8 Å². The van der Waals surface area contributed by atoms with Crippen molar-refractivity contribution in [2.75, 3.05) is 24.2 Å². The van der Waals surface area contributed by atoms with Gasteiger partial charge in [-0.1, -0.05) is 0 Å². The molecule has 104 valence electrons. The van der Waals surface area contributed by atoms with Crippen molar-refractivity contribution in [2.24, 2.45) is 0 Å². The number of benzene rings is 1. The van der Waals surface area contributed by atoms with Crippen molar-refractivity contribution in [2.45, 2.75) is 24.2 Å². The molecule has 0 radical (unpaired) electrons. The Bertz CT molecular complexity index is 589. The summed E-state index contributed by atoms with van der Waals surface area (Å²) in [5.41, 5.74) is 0.634. The Hall–Kier alpha value is -1.56. The Kier molecular flexibility index (Phi) is 3.80. The summed E-state index contributed by atoms with van der Waals surface area (Å²) in [4.78, 5) is 13.2. The molecule has 0 saturated carbocycles. The van der Waals surface area contributed by atoms with Gasteiger partial charge in [-0.2, -0.15) is 0 Å². The second-order valence-electron chi connectivity index (χ2n) is 4.81. The van der Waals surface area contributed by atoms with E-state index in [0.29, 0.717) is 5.69 Å². The zero-order valence-corrected chi connectivity index (χ0v) is 11.6. The first-order chi connectivity index (χ1) is 8.89. The number of anilines is 1. The molecule has 1 aromatic carbocycles. The number of carboxylic acids is 1. The number of carboxylic acid groups (broad SMARTS) is 1. The third-order valence-corrected chi connectivity index (χ3v) is 4.45. The van der Waals surface area contributed by atoms with E-state index < -0.39 is 15.8 Å². The van der Waals surface area contributed by atoms with E-state index in [2.05, 4.69) is 0 Å². The third-order valence-electron chi connectivity index (χ3n) is 3.30. The standard InChI is InChI=1S/C13H17NO4S/c1-19(17,18)12-6-5-10(13(15)16)9-11(12)14-7-3-2-4-8-14/h5-6,9H,2-4,7-8H2,1H3,(H,15,16). The number of hydrogen-bond donors (Lipinski definition) is 1. The Morgan fingerprint density at radius 2 is 1.84 bits per heavy atom. The van der Waals surface area contributed by atoms with Gasteiger partial charge in [-0.05, 0) is 37.5 Å². The quantitative estimate of drug-likeness (QED) is 0.915. The number of rotatable bonds is 3. The molecule has 1 aliphatic heterocycles. The van der Waals surface area contributed by atoms with Crippen LogP contribution >= 0.6 is 0 Å². The zero-order valence-electron chi connectivity index (χ0n) is 10.8. The molecular formula is C13H17NO4S. The van der Waals surface area contributed by atoms with Gasteiger partial charge in [0.1, 0.15) is 0 Å². The van der Waals surface area contributed by atoms with Crippen molar-refractivity contribution in [3.63, 3.8) is 0 Å². The molecule has 5 nitrogen and oxygen atoms in total. The van der Waals surface area contributed by atoms with E-state index in [9.17, 15) is 13.2 Å².